The number of carbonyl (C=O) groups is 1. The smallest absolute Gasteiger partial charge is 0.244 e. The molecule has 0 bridgehead atoms. The van der Waals surface area contributed by atoms with Crippen LogP contribution in [0.3, 0.4) is 0 Å². The van der Waals surface area contributed by atoms with Crippen molar-refractivity contribution in [2.24, 2.45) is 4.99 Å². The molecule has 2 aliphatic heterocycles. The summed E-state index contributed by atoms with van der Waals surface area (Å²) in [5.41, 5.74) is 2.60. The van der Waals surface area contributed by atoms with Crippen LogP contribution < -0.4 is 10.2 Å². The summed E-state index contributed by atoms with van der Waals surface area (Å²) < 4.78 is 4.40. The monoisotopic (exact) mass is 441 g/mol. The van der Waals surface area contributed by atoms with Crippen LogP contribution in [0.25, 0.3) is 0 Å². The summed E-state index contributed by atoms with van der Waals surface area (Å²) in [6.07, 6.45) is 1.78. The fourth-order valence-corrected chi connectivity index (χ4v) is 4.80. The quantitative estimate of drug-likeness (QED) is 0.563. The first-order chi connectivity index (χ1) is 15.2. The molecule has 31 heavy (non-hydrogen) atoms. The lowest BCUT2D eigenvalue weighted by atomic mass is 10.00. The highest BCUT2D eigenvalue weighted by molar-refractivity contribution is 7.09. The van der Waals surface area contributed by atoms with E-state index in [9.17, 15) is 4.79 Å². The molecule has 0 radical (unpaired) electrons. The normalized spacial score (nSPS) is 17.0. The standard InChI is InChI=1S/C22H31N7OS/c1-3-19-25-22(31-26-19)28-13-11-27(12-14-28)21(23-4-2)24-15-20(30)29-10-9-17-7-5-6-8-18(17)16-29/h5-8H,3-4,9-16H2,1-2H3,(H,23,24). The minimum atomic E-state index is 0.0875. The highest BCUT2D eigenvalue weighted by atomic mass is 32.1. The summed E-state index contributed by atoms with van der Waals surface area (Å²) >= 11 is 1.48. The number of guanidine groups is 1. The van der Waals surface area contributed by atoms with Crippen LogP contribution in [0, 0.1) is 0 Å². The van der Waals surface area contributed by atoms with Crippen LogP contribution in [0.1, 0.15) is 30.8 Å². The molecule has 1 amide bonds. The highest BCUT2D eigenvalue weighted by Gasteiger charge is 2.23. The summed E-state index contributed by atoms with van der Waals surface area (Å²) in [4.78, 5) is 28.5. The van der Waals surface area contributed by atoms with Gasteiger partial charge in [-0.15, -0.1) is 0 Å². The van der Waals surface area contributed by atoms with Gasteiger partial charge in [0.05, 0.1) is 0 Å². The molecule has 0 spiro atoms. The maximum Gasteiger partial charge on any atom is 0.244 e. The van der Waals surface area contributed by atoms with Crippen molar-refractivity contribution in [2.45, 2.75) is 33.2 Å². The lowest BCUT2D eigenvalue weighted by Crippen LogP contribution is -2.52. The van der Waals surface area contributed by atoms with Gasteiger partial charge in [-0.3, -0.25) is 4.79 Å². The van der Waals surface area contributed by atoms with Crippen molar-refractivity contribution in [1.82, 2.24) is 24.5 Å². The topological polar surface area (TPSA) is 77.0 Å². The third kappa shape index (κ3) is 5.15. The van der Waals surface area contributed by atoms with Gasteiger partial charge in [0.2, 0.25) is 11.0 Å². The molecule has 1 saturated heterocycles. The number of hydrogen-bond acceptors (Lipinski definition) is 6. The zero-order valence-corrected chi connectivity index (χ0v) is 19.2. The first kappa shape index (κ1) is 21.5. The Hall–Kier alpha value is -2.68. The molecule has 0 saturated carbocycles. The fourth-order valence-electron chi connectivity index (χ4n) is 4.00. The number of nitrogens with zero attached hydrogens (tertiary/aromatic N) is 6. The van der Waals surface area contributed by atoms with Crippen LogP contribution in [0.2, 0.25) is 0 Å². The van der Waals surface area contributed by atoms with Gasteiger partial charge in [0.15, 0.2) is 5.96 Å². The molecule has 1 aromatic carbocycles. The number of aromatic nitrogens is 2. The van der Waals surface area contributed by atoms with E-state index in [1.807, 2.05) is 11.0 Å². The van der Waals surface area contributed by atoms with E-state index in [0.29, 0.717) is 6.54 Å². The Morgan fingerprint density at radius 1 is 1.10 bits per heavy atom. The van der Waals surface area contributed by atoms with E-state index in [1.54, 1.807) is 0 Å². The molecule has 2 aliphatic rings. The molecular formula is C22H31N7OS. The lowest BCUT2D eigenvalue weighted by Gasteiger charge is -2.36. The summed E-state index contributed by atoms with van der Waals surface area (Å²) in [6.45, 7) is 9.98. The first-order valence-electron chi connectivity index (χ1n) is 11.1. The van der Waals surface area contributed by atoms with Crippen LogP contribution >= 0.6 is 11.5 Å². The zero-order chi connectivity index (χ0) is 21.6. The maximum atomic E-state index is 12.8. The second-order valence-corrected chi connectivity index (χ2v) is 8.56. The van der Waals surface area contributed by atoms with Crippen LogP contribution in [-0.2, 0) is 24.2 Å². The number of benzene rings is 1. The van der Waals surface area contributed by atoms with Crippen LogP contribution in [-0.4, -0.2) is 76.8 Å². The second-order valence-electron chi connectivity index (χ2n) is 7.82. The Kier molecular flexibility index (Phi) is 7.01. The van der Waals surface area contributed by atoms with Gasteiger partial charge in [-0.1, -0.05) is 31.2 Å². The summed E-state index contributed by atoms with van der Waals surface area (Å²) in [5.74, 6) is 1.82. The van der Waals surface area contributed by atoms with Crippen LogP contribution in [0.5, 0.6) is 0 Å². The Morgan fingerprint density at radius 2 is 1.87 bits per heavy atom. The van der Waals surface area contributed by atoms with E-state index in [0.717, 1.165) is 69.0 Å². The van der Waals surface area contributed by atoms with Crippen molar-refractivity contribution in [2.75, 3.05) is 50.7 Å². The summed E-state index contributed by atoms with van der Waals surface area (Å²) in [7, 11) is 0. The number of rotatable bonds is 5. The molecule has 8 nitrogen and oxygen atoms in total. The number of aliphatic imine (C=N–C) groups is 1. The third-order valence-corrected chi connectivity index (χ3v) is 6.62. The van der Waals surface area contributed by atoms with E-state index in [-0.39, 0.29) is 12.5 Å². The van der Waals surface area contributed by atoms with Gasteiger partial charge in [-0.25, -0.2) is 9.98 Å². The van der Waals surface area contributed by atoms with E-state index in [4.69, 9.17) is 0 Å². The molecule has 1 fully saturated rings. The number of carbonyl (C=O) groups excluding carboxylic acids is 1. The molecule has 2 aromatic rings. The zero-order valence-electron chi connectivity index (χ0n) is 18.4. The Bertz CT molecular complexity index is 920. The number of anilines is 1. The van der Waals surface area contributed by atoms with E-state index in [1.165, 1.54) is 22.7 Å². The Morgan fingerprint density at radius 3 is 2.58 bits per heavy atom. The molecule has 0 aliphatic carbocycles. The molecule has 0 unspecified atom stereocenters. The maximum absolute atomic E-state index is 12.8. The van der Waals surface area contributed by atoms with Gasteiger partial charge in [-0.05, 0) is 24.5 Å². The minimum absolute atomic E-state index is 0.0875. The molecular weight excluding hydrogens is 410 g/mol. The van der Waals surface area contributed by atoms with Crippen molar-refractivity contribution in [3.8, 4) is 0 Å². The van der Waals surface area contributed by atoms with Crippen LogP contribution in [0.4, 0.5) is 5.13 Å². The molecule has 4 rings (SSSR count). The number of aryl methyl sites for hydroxylation is 1. The second kappa shape index (κ2) is 10.1. The van der Waals surface area contributed by atoms with E-state index >= 15 is 0 Å². The number of fused-ring (bicyclic) bond motifs is 1. The van der Waals surface area contributed by atoms with Crippen molar-refractivity contribution >= 4 is 28.5 Å². The third-order valence-electron chi connectivity index (χ3n) is 5.81. The predicted octanol–water partition coefficient (Wildman–Crippen LogP) is 1.77. The predicted molar refractivity (Wildman–Crippen MR) is 125 cm³/mol. The summed E-state index contributed by atoms with van der Waals surface area (Å²) in [5, 5.41) is 4.35. The first-order valence-corrected chi connectivity index (χ1v) is 11.9. The molecule has 166 valence electrons. The number of hydrogen-bond donors (Lipinski definition) is 1. The fraction of sp³-hybridized carbons (Fsp3) is 0.545. The highest BCUT2D eigenvalue weighted by Crippen LogP contribution is 2.20. The molecule has 1 N–H and O–H groups in total. The van der Waals surface area contributed by atoms with Crippen molar-refractivity contribution in [3.63, 3.8) is 0 Å². The van der Waals surface area contributed by atoms with Gasteiger partial charge < -0.3 is 20.0 Å². The average molecular weight is 442 g/mol. The Balaban J connectivity index is 1.33. The molecule has 0 atom stereocenters. The van der Waals surface area contributed by atoms with Crippen molar-refractivity contribution in [3.05, 3.63) is 41.2 Å². The number of amides is 1. The van der Waals surface area contributed by atoms with Gasteiger partial charge in [0.25, 0.3) is 0 Å². The molecule has 9 heteroatoms. The Labute approximate surface area is 188 Å². The van der Waals surface area contributed by atoms with E-state index < -0.39 is 0 Å². The lowest BCUT2D eigenvalue weighted by molar-refractivity contribution is -0.130. The minimum Gasteiger partial charge on any atom is -0.357 e. The van der Waals surface area contributed by atoms with Gasteiger partial charge in [0, 0.05) is 63.8 Å². The van der Waals surface area contributed by atoms with Crippen molar-refractivity contribution < 1.29 is 4.79 Å². The van der Waals surface area contributed by atoms with Gasteiger partial charge in [-0.2, -0.15) is 4.37 Å². The van der Waals surface area contributed by atoms with Gasteiger partial charge in [0.1, 0.15) is 12.4 Å². The molecule has 1 aromatic heterocycles. The van der Waals surface area contributed by atoms with E-state index in [2.05, 4.69) is 61.5 Å². The SMILES string of the molecule is CCNC(=NCC(=O)N1CCc2ccccc2C1)N1CCN(c2nc(CC)ns2)CC1. The van der Waals surface area contributed by atoms with Crippen LogP contribution in [0.15, 0.2) is 29.3 Å². The summed E-state index contributed by atoms with van der Waals surface area (Å²) in [6, 6.07) is 8.38. The van der Waals surface area contributed by atoms with Crippen molar-refractivity contribution in [1.29, 1.82) is 0 Å². The van der Waals surface area contributed by atoms with Gasteiger partial charge >= 0.3 is 0 Å². The number of nitrogens with one attached hydrogen (secondary N) is 1. The average Bonchev–Trinajstić information content (AvgIpc) is 3.31. The molecule has 3 heterocycles. The number of piperazine rings is 1. The largest absolute Gasteiger partial charge is 0.357 e.